The number of hydrogen-bond donors (Lipinski definition) is 1. The fraction of sp³-hybridized carbons (Fsp3) is 0.118. The van der Waals surface area contributed by atoms with Gasteiger partial charge in [0, 0.05) is 5.69 Å². The van der Waals surface area contributed by atoms with Gasteiger partial charge in [0.05, 0.1) is 5.75 Å². The molecule has 2 aromatic carbocycles. The molecule has 148 valence electrons. The summed E-state index contributed by atoms with van der Waals surface area (Å²) >= 11 is 0. The highest BCUT2D eigenvalue weighted by atomic mass is 32.2. The van der Waals surface area contributed by atoms with Crippen molar-refractivity contribution in [3.63, 3.8) is 0 Å². The van der Waals surface area contributed by atoms with Crippen molar-refractivity contribution in [2.75, 3.05) is 5.73 Å². The van der Waals surface area contributed by atoms with Crippen LogP contribution in [0.3, 0.4) is 0 Å². The van der Waals surface area contributed by atoms with Crippen LogP contribution in [-0.4, -0.2) is 43.4 Å². The molecule has 0 unspecified atom stereocenters. The van der Waals surface area contributed by atoms with E-state index in [4.69, 9.17) is 5.73 Å². The molecule has 0 bridgehead atoms. The van der Waals surface area contributed by atoms with Gasteiger partial charge < -0.3 is 5.73 Å². The van der Waals surface area contributed by atoms with Gasteiger partial charge >= 0.3 is 0 Å². The van der Waals surface area contributed by atoms with E-state index >= 15 is 0 Å². The molecule has 4 rings (SSSR count). The van der Waals surface area contributed by atoms with Crippen LogP contribution < -0.4 is 5.73 Å². The molecule has 0 fully saturated rings. The monoisotopic (exact) mass is 414 g/mol. The van der Waals surface area contributed by atoms with Crippen LogP contribution in [-0.2, 0) is 22.1 Å². The molecule has 0 atom stereocenters. The summed E-state index contributed by atoms with van der Waals surface area (Å²) in [6, 6.07) is 14.0. The Kier molecular flexibility index (Phi) is 4.76. The SMILES string of the molecule is Nc1nnnn1Cc1nnc(S(=O)(=O)Cc2ccc(F)cc2)n1-c1ccccc1. The van der Waals surface area contributed by atoms with Crippen molar-refractivity contribution in [1.29, 1.82) is 0 Å². The van der Waals surface area contributed by atoms with Crippen molar-refractivity contribution in [3.05, 3.63) is 71.8 Å². The summed E-state index contributed by atoms with van der Waals surface area (Å²) in [6.45, 7) is 0.0206. The zero-order valence-electron chi connectivity index (χ0n) is 14.9. The quantitative estimate of drug-likeness (QED) is 0.494. The number of tetrazole rings is 1. The van der Waals surface area contributed by atoms with Crippen molar-refractivity contribution in [2.24, 2.45) is 0 Å². The Hall–Kier alpha value is -3.67. The van der Waals surface area contributed by atoms with E-state index in [-0.39, 0.29) is 29.2 Å². The average molecular weight is 414 g/mol. The normalized spacial score (nSPS) is 11.6. The number of benzene rings is 2. The van der Waals surface area contributed by atoms with E-state index in [1.807, 2.05) is 0 Å². The molecule has 2 N–H and O–H groups in total. The molecular formula is C17H15FN8O2S. The molecule has 0 spiro atoms. The number of rotatable bonds is 6. The van der Waals surface area contributed by atoms with Crippen LogP contribution in [0.25, 0.3) is 5.69 Å². The summed E-state index contributed by atoms with van der Waals surface area (Å²) < 4.78 is 42.0. The maximum Gasteiger partial charge on any atom is 0.254 e. The third kappa shape index (κ3) is 3.82. The van der Waals surface area contributed by atoms with E-state index < -0.39 is 15.7 Å². The zero-order chi connectivity index (χ0) is 20.4. The molecule has 0 saturated carbocycles. The summed E-state index contributed by atoms with van der Waals surface area (Å²) in [6.07, 6.45) is 0. The maximum absolute atomic E-state index is 13.1. The van der Waals surface area contributed by atoms with Crippen LogP contribution in [0.4, 0.5) is 10.3 Å². The third-order valence-corrected chi connectivity index (χ3v) is 5.65. The van der Waals surface area contributed by atoms with Gasteiger partial charge in [0.15, 0.2) is 5.82 Å². The lowest BCUT2D eigenvalue weighted by molar-refractivity contribution is 0.578. The molecule has 0 aliphatic rings. The van der Waals surface area contributed by atoms with Gasteiger partial charge in [-0.05, 0) is 40.3 Å². The Labute approximate surface area is 164 Å². The van der Waals surface area contributed by atoms with Crippen molar-refractivity contribution < 1.29 is 12.8 Å². The lowest BCUT2D eigenvalue weighted by Gasteiger charge is -2.11. The minimum atomic E-state index is -3.90. The third-order valence-electron chi connectivity index (χ3n) is 4.11. The summed E-state index contributed by atoms with van der Waals surface area (Å²) in [4.78, 5) is 0. The van der Waals surface area contributed by atoms with Crippen LogP contribution in [0.1, 0.15) is 11.4 Å². The van der Waals surface area contributed by atoms with Crippen molar-refractivity contribution in [3.8, 4) is 5.69 Å². The van der Waals surface area contributed by atoms with E-state index in [9.17, 15) is 12.8 Å². The summed E-state index contributed by atoms with van der Waals surface area (Å²) in [5.41, 5.74) is 6.69. The summed E-state index contributed by atoms with van der Waals surface area (Å²) in [5.74, 6) is -0.457. The number of para-hydroxylation sites is 1. The lowest BCUT2D eigenvalue weighted by atomic mass is 10.2. The first kappa shape index (κ1) is 18.7. The second-order valence-corrected chi connectivity index (χ2v) is 8.03. The predicted molar refractivity (Wildman–Crippen MR) is 100.0 cm³/mol. The van der Waals surface area contributed by atoms with E-state index in [1.54, 1.807) is 30.3 Å². The molecule has 0 saturated heterocycles. The molecule has 0 amide bonds. The van der Waals surface area contributed by atoms with Crippen molar-refractivity contribution in [2.45, 2.75) is 17.5 Å². The second-order valence-electron chi connectivity index (χ2n) is 6.15. The molecule has 29 heavy (non-hydrogen) atoms. The smallest absolute Gasteiger partial charge is 0.254 e. The fourth-order valence-corrected chi connectivity index (χ4v) is 4.18. The number of halogens is 1. The van der Waals surface area contributed by atoms with Crippen LogP contribution in [0, 0.1) is 5.82 Å². The number of nitrogen functional groups attached to an aromatic ring is 1. The van der Waals surface area contributed by atoms with E-state index in [0.29, 0.717) is 11.3 Å². The number of nitrogens with two attached hydrogens (primary N) is 1. The highest BCUT2D eigenvalue weighted by Gasteiger charge is 2.27. The molecule has 0 aliphatic carbocycles. The topological polar surface area (TPSA) is 134 Å². The van der Waals surface area contributed by atoms with Crippen molar-refractivity contribution >= 4 is 15.8 Å². The number of nitrogens with zero attached hydrogens (tertiary/aromatic N) is 7. The average Bonchev–Trinajstić information content (AvgIpc) is 3.31. The van der Waals surface area contributed by atoms with Gasteiger partial charge in [0.2, 0.25) is 15.8 Å². The molecule has 2 aromatic heterocycles. The molecule has 12 heteroatoms. The Bertz CT molecular complexity index is 1240. The zero-order valence-corrected chi connectivity index (χ0v) is 15.7. The summed E-state index contributed by atoms with van der Waals surface area (Å²) in [5, 5.41) is 18.5. The van der Waals surface area contributed by atoms with Gasteiger partial charge in [0.25, 0.3) is 5.16 Å². The number of hydrogen-bond acceptors (Lipinski definition) is 8. The Balaban J connectivity index is 1.78. The Morgan fingerprint density at radius 2 is 1.69 bits per heavy atom. The largest absolute Gasteiger partial charge is 0.367 e. The van der Waals surface area contributed by atoms with Crippen LogP contribution in [0.5, 0.6) is 0 Å². The number of sulfone groups is 1. The predicted octanol–water partition coefficient (Wildman–Crippen LogP) is 0.997. The number of aromatic nitrogens is 7. The van der Waals surface area contributed by atoms with Crippen LogP contribution in [0.2, 0.25) is 0 Å². The van der Waals surface area contributed by atoms with E-state index in [1.165, 1.54) is 33.5 Å². The van der Waals surface area contributed by atoms with Gasteiger partial charge in [-0.3, -0.25) is 4.57 Å². The van der Waals surface area contributed by atoms with Crippen molar-refractivity contribution in [1.82, 2.24) is 35.0 Å². The molecular weight excluding hydrogens is 399 g/mol. The summed E-state index contributed by atoms with van der Waals surface area (Å²) in [7, 11) is -3.90. The first-order chi connectivity index (χ1) is 13.9. The van der Waals surface area contributed by atoms with E-state index in [0.717, 1.165) is 0 Å². The van der Waals surface area contributed by atoms with Crippen LogP contribution >= 0.6 is 0 Å². The number of anilines is 1. The standard InChI is InChI=1S/C17H15FN8O2S/c18-13-8-6-12(7-9-13)11-29(27,28)17-22-20-15(10-25-16(19)21-23-24-25)26(17)14-4-2-1-3-5-14/h1-9H,10-11H2,(H2,19,21,24). The highest BCUT2D eigenvalue weighted by molar-refractivity contribution is 7.90. The molecule has 2 heterocycles. The molecule has 10 nitrogen and oxygen atoms in total. The minimum Gasteiger partial charge on any atom is -0.367 e. The Morgan fingerprint density at radius 1 is 0.966 bits per heavy atom. The van der Waals surface area contributed by atoms with Crippen LogP contribution in [0.15, 0.2) is 59.8 Å². The van der Waals surface area contributed by atoms with Gasteiger partial charge in [0.1, 0.15) is 12.4 Å². The van der Waals surface area contributed by atoms with E-state index in [2.05, 4.69) is 25.7 Å². The van der Waals surface area contributed by atoms with Gasteiger partial charge in [-0.15, -0.1) is 10.2 Å². The maximum atomic E-state index is 13.1. The fourth-order valence-electron chi connectivity index (χ4n) is 2.76. The first-order valence-corrected chi connectivity index (χ1v) is 10.1. The Morgan fingerprint density at radius 3 is 2.34 bits per heavy atom. The molecule has 0 aliphatic heterocycles. The van der Waals surface area contributed by atoms with Gasteiger partial charge in [-0.25, -0.2) is 17.5 Å². The lowest BCUT2D eigenvalue weighted by Crippen LogP contribution is -2.16. The van der Waals surface area contributed by atoms with Gasteiger partial charge in [-0.1, -0.05) is 35.4 Å². The minimum absolute atomic E-state index is 0.0206. The molecule has 4 aromatic rings. The second kappa shape index (κ2) is 7.39. The first-order valence-electron chi connectivity index (χ1n) is 8.42. The molecule has 0 radical (unpaired) electrons. The highest BCUT2D eigenvalue weighted by Crippen LogP contribution is 2.21. The van der Waals surface area contributed by atoms with Gasteiger partial charge in [-0.2, -0.15) is 0 Å².